The Balaban J connectivity index is 1.24. The predicted octanol–water partition coefficient (Wildman–Crippen LogP) is 3.50. The number of hydrogen-bond donors (Lipinski definition) is 2. The lowest BCUT2D eigenvalue weighted by atomic mass is 9.93. The largest absolute Gasteiger partial charge is 0.367 e. The van der Waals surface area contributed by atoms with Gasteiger partial charge >= 0.3 is 0 Å². The number of rotatable bonds is 8. The van der Waals surface area contributed by atoms with Crippen LogP contribution in [0.4, 0.5) is 16.0 Å². The molecule has 2 heterocycles. The van der Waals surface area contributed by atoms with Crippen LogP contribution in [0.25, 0.3) is 0 Å². The Bertz CT molecular complexity index is 841. The first kappa shape index (κ1) is 19.6. The first-order valence-electron chi connectivity index (χ1n) is 10.5. The van der Waals surface area contributed by atoms with Gasteiger partial charge in [0.05, 0.1) is 0 Å². The summed E-state index contributed by atoms with van der Waals surface area (Å²) in [7, 11) is 0. The number of carbonyl (C=O) groups excluding carboxylic acids is 1. The van der Waals surface area contributed by atoms with Gasteiger partial charge in [-0.3, -0.25) is 4.79 Å². The monoisotopic (exact) mass is 397 g/mol. The maximum atomic E-state index is 13.7. The van der Waals surface area contributed by atoms with E-state index in [4.69, 9.17) is 0 Å². The SMILES string of the molecule is O=C(CCC1CCCN(c2cc(NC3CC3)ncn2)C1)NCc1ccccc1F. The normalized spacial score (nSPS) is 19.1. The van der Waals surface area contributed by atoms with Gasteiger partial charge in [0.25, 0.3) is 0 Å². The molecular formula is C22H28FN5O. The molecule has 2 N–H and O–H groups in total. The predicted molar refractivity (Wildman–Crippen MR) is 111 cm³/mol. The number of nitrogens with one attached hydrogen (secondary N) is 2. The van der Waals surface area contributed by atoms with Crippen LogP contribution in [0.5, 0.6) is 0 Å². The number of halogens is 1. The summed E-state index contributed by atoms with van der Waals surface area (Å²) < 4.78 is 13.7. The Morgan fingerprint density at radius 2 is 2.07 bits per heavy atom. The molecule has 2 fully saturated rings. The second-order valence-corrected chi connectivity index (χ2v) is 8.04. The Hall–Kier alpha value is -2.70. The van der Waals surface area contributed by atoms with Crippen LogP contribution in [0.1, 0.15) is 44.1 Å². The number of carbonyl (C=O) groups is 1. The van der Waals surface area contributed by atoms with Gasteiger partial charge in [-0.25, -0.2) is 14.4 Å². The van der Waals surface area contributed by atoms with E-state index in [2.05, 4.69) is 25.5 Å². The number of anilines is 2. The molecule has 2 aliphatic rings. The Morgan fingerprint density at radius 3 is 2.90 bits per heavy atom. The van der Waals surface area contributed by atoms with Gasteiger partial charge < -0.3 is 15.5 Å². The van der Waals surface area contributed by atoms with Crippen LogP contribution in [0.15, 0.2) is 36.7 Å². The second-order valence-electron chi connectivity index (χ2n) is 8.04. The Morgan fingerprint density at radius 1 is 1.21 bits per heavy atom. The fraction of sp³-hybridized carbons (Fsp3) is 0.500. The minimum Gasteiger partial charge on any atom is -0.367 e. The average Bonchev–Trinajstić information content (AvgIpc) is 3.56. The van der Waals surface area contributed by atoms with Gasteiger partial charge in [-0.05, 0) is 44.1 Å². The first-order chi connectivity index (χ1) is 14.2. The van der Waals surface area contributed by atoms with Crippen molar-refractivity contribution in [3.8, 4) is 0 Å². The lowest BCUT2D eigenvalue weighted by Crippen LogP contribution is -2.36. The maximum Gasteiger partial charge on any atom is 0.220 e. The molecule has 2 aromatic rings. The van der Waals surface area contributed by atoms with Crippen molar-refractivity contribution < 1.29 is 9.18 Å². The summed E-state index contributed by atoms with van der Waals surface area (Å²) in [5, 5.41) is 6.25. The third kappa shape index (κ3) is 5.65. The highest BCUT2D eigenvalue weighted by atomic mass is 19.1. The number of hydrogen-bond acceptors (Lipinski definition) is 5. The zero-order valence-corrected chi connectivity index (χ0v) is 16.6. The molecule has 0 spiro atoms. The third-order valence-corrected chi connectivity index (χ3v) is 5.64. The zero-order chi connectivity index (χ0) is 20.1. The molecule has 0 bridgehead atoms. The number of piperidine rings is 1. The van der Waals surface area contributed by atoms with Gasteiger partial charge in [0.2, 0.25) is 5.91 Å². The van der Waals surface area contributed by atoms with E-state index in [1.165, 1.54) is 18.9 Å². The van der Waals surface area contributed by atoms with E-state index in [0.29, 0.717) is 23.9 Å². The number of amides is 1. The zero-order valence-electron chi connectivity index (χ0n) is 16.6. The summed E-state index contributed by atoms with van der Waals surface area (Å²) in [6.45, 7) is 2.12. The van der Waals surface area contributed by atoms with Gasteiger partial charge in [-0.15, -0.1) is 0 Å². The van der Waals surface area contributed by atoms with E-state index in [0.717, 1.165) is 44.0 Å². The number of aromatic nitrogens is 2. The fourth-order valence-electron chi connectivity index (χ4n) is 3.80. The fourth-order valence-corrected chi connectivity index (χ4v) is 3.80. The summed E-state index contributed by atoms with van der Waals surface area (Å²) in [5.74, 6) is 2.00. The Kier molecular flexibility index (Phi) is 6.22. The van der Waals surface area contributed by atoms with Gasteiger partial charge in [0, 0.05) is 43.7 Å². The van der Waals surface area contributed by atoms with E-state index in [1.54, 1.807) is 24.5 Å². The molecule has 29 heavy (non-hydrogen) atoms. The van der Waals surface area contributed by atoms with Crippen molar-refractivity contribution in [3.05, 3.63) is 48.0 Å². The molecule has 1 aromatic heterocycles. The van der Waals surface area contributed by atoms with E-state index in [-0.39, 0.29) is 18.3 Å². The third-order valence-electron chi connectivity index (χ3n) is 5.64. The number of nitrogens with zero attached hydrogens (tertiary/aromatic N) is 3. The molecular weight excluding hydrogens is 369 g/mol. The molecule has 1 amide bonds. The average molecular weight is 397 g/mol. The molecule has 1 saturated carbocycles. The van der Waals surface area contributed by atoms with Crippen LogP contribution in [0, 0.1) is 11.7 Å². The molecule has 1 atom stereocenters. The summed E-state index contributed by atoms with van der Waals surface area (Å²) >= 11 is 0. The summed E-state index contributed by atoms with van der Waals surface area (Å²) in [4.78, 5) is 23.3. The smallest absolute Gasteiger partial charge is 0.220 e. The van der Waals surface area contributed by atoms with Crippen molar-refractivity contribution in [2.24, 2.45) is 5.92 Å². The molecule has 1 aliphatic heterocycles. The van der Waals surface area contributed by atoms with Crippen LogP contribution in [-0.4, -0.2) is 35.0 Å². The number of benzene rings is 1. The molecule has 1 saturated heterocycles. The lowest BCUT2D eigenvalue weighted by molar-refractivity contribution is -0.121. The first-order valence-corrected chi connectivity index (χ1v) is 10.5. The van der Waals surface area contributed by atoms with Crippen molar-refractivity contribution in [2.75, 3.05) is 23.3 Å². The molecule has 6 nitrogen and oxygen atoms in total. The lowest BCUT2D eigenvalue weighted by Gasteiger charge is -2.33. The van der Waals surface area contributed by atoms with Gasteiger partial charge in [-0.1, -0.05) is 18.2 Å². The maximum absolute atomic E-state index is 13.7. The van der Waals surface area contributed by atoms with Crippen LogP contribution in [-0.2, 0) is 11.3 Å². The summed E-state index contributed by atoms with van der Waals surface area (Å²) in [6.07, 6.45) is 7.56. The van der Waals surface area contributed by atoms with Crippen LogP contribution in [0.3, 0.4) is 0 Å². The van der Waals surface area contributed by atoms with E-state index >= 15 is 0 Å². The van der Waals surface area contributed by atoms with Crippen molar-refractivity contribution in [2.45, 2.75) is 51.1 Å². The summed E-state index contributed by atoms with van der Waals surface area (Å²) in [6, 6.07) is 9.13. The highest BCUT2D eigenvalue weighted by molar-refractivity contribution is 5.75. The molecule has 1 aliphatic carbocycles. The molecule has 154 valence electrons. The van der Waals surface area contributed by atoms with Gasteiger partial charge in [0.1, 0.15) is 23.8 Å². The van der Waals surface area contributed by atoms with Crippen molar-refractivity contribution >= 4 is 17.5 Å². The molecule has 0 radical (unpaired) electrons. The van der Waals surface area contributed by atoms with Crippen molar-refractivity contribution in [1.82, 2.24) is 15.3 Å². The summed E-state index contributed by atoms with van der Waals surface area (Å²) in [5.41, 5.74) is 0.518. The van der Waals surface area contributed by atoms with Crippen LogP contribution < -0.4 is 15.5 Å². The topological polar surface area (TPSA) is 70.2 Å². The molecule has 4 rings (SSSR count). The highest BCUT2D eigenvalue weighted by Gasteiger charge is 2.24. The minimum atomic E-state index is -0.281. The van der Waals surface area contributed by atoms with Crippen molar-refractivity contribution in [3.63, 3.8) is 0 Å². The van der Waals surface area contributed by atoms with E-state index < -0.39 is 0 Å². The molecule has 7 heteroatoms. The highest BCUT2D eigenvalue weighted by Crippen LogP contribution is 2.27. The quantitative estimate of drug-likeness (QED) is 0.713. The Labute approximate surface area is 170 Å². The van der Waals surface area contributed by atoms with E-state index in [1.807, 2.05) is 6.07 Å². The van der Waals surface area contributed by atoms with Crippen molar-refractivity contribution in [1.29, 1.82) is 0 Å². The second kappa shape index (κ2) is 9.20. The van der Waals surface area contributed by atoms with Gasteiger partial charge in [0.15, 0.2) is 0 Å². The molecule has 1 aromatic carbocycles. The van der Waals surface area contributed by atoms with Gasteiger partial charge in [-0.2, -0.15) is 0 Å². The minimum absolute atomic E-state index is 0.0247. The van der Waals surface area contributed by atoms with Crippen LogP contribution in [0.2, 0.25) is 0 Å². The molecule has 1 unspecified atom stereocenters. The standard InChI is InChI=1S/C22H28FN5O/c23-19-6-2-1-5-17(19)13-24-22(29)10-7-16-4-3-11-28(14-16)21-12-20(25-15-26-21)27-18-8-9-18/h1-2,5-6,12,15-16,18H,3-4,7-11,13-14H2,(H,24,29)(H,25,26,27). The van der Waals surface area contributed by atoms with Crippen LogP contribution >= 0.6 is 0 Å². The van der Waals surface area contributed by atoms with E-state index in [9.17, 15) is 9.18 Å².